The fraction of sp³-hybridized carbons (Fsp3) is 1.00. The van der Waals surface area contributed by atoms with Gasteiger partial charge in [-0.3, -0.25) is 0 Å². The molecule has 2 N–H and O–H groups in total. The topological polar surface area (TPSA) is 24.1 Å². The summed E-state index contributed by atoms with van der Waals surface area (Å²) in [6.07, 6.45) is 0. The van der Waals surface area contributed by atoms with Gasteiger partial charge in [0.1, 0.15) is 5.38 Å². The van der Waals surface area contributed by atoms with E-state index in [0.717, 1.165) is 0 Å². The summed E-state index contributed by atoms with van der Waals surface area (Å²) in [6.45, 7) is 0. The summed E-state index contributed by atoms with van der Waals surface area (Å²) in [5.74, 6) is 0. The van der Waals surface area contributed by atoms with Crippen LogP contribution in [0.3, 0.4) is 0 Å². The Morgan fingerprint density at radius 1 is 0.769 bits per heavy atom. The largest absolute Gasteiger partial charge is 0.240 e. The Kier molecular flexibility index (Phi) is 3.76. The standard InChI is InChI=1S/C4H3Cl7N2/c5-1-2(6,7)12-4(10,11)13-3(1,8)9/h1,12-13H. The molecule has 0 unspecified atom stereocenters. The zero-order valence-corrected chi connectivity index (χ0v) is 11.0. The number of hydrogen-bond donors (Lipinski definition) is 2. The van der Waals surface area contributed by atoms with Crippen molar-refractivity contribution in [2.24, 2.45) is 0 Å². The molecule has 0 spiro atoms. The van der Waals surface area contributed by atoms with Crippen molar-refractivity contribution in [3.63, 3.8) is 0 Å². The van der Waals surface area contributed by atoms with Gasteiger partial charge in [0.05, 0.1) is 0 Å². The molecule has 0 atom stereocenters. The monoisotopic (exact) mass is 324 g/mol. The van der Waals surface area contributed by atoms with Gasteiger partial charge in [0.25, 0.3) is 0 Å². The van der Waals surface area contributed by atoms with Gasteiger partial charge in [-0.05, 0) is 0 Å². The van der Waals surface area contributed by atoms with Gasteiger partial charge in [0.2, 0.25) is 4.58 Å². The van der Waals surface area contributed by atoms with Crippen molar-refractivity contribution in [3.05, 3.63) is 0 Å². The van der Waals surface area contributed by atoms with Crippen LogP contribution in [0.5, 0.6) is 0 Å². The van der Waals surface area contributed by atoms with Crippen LogP contribution in [0.15, 0.2) is 0 Å². The first kappa shape index (κ1) is 13.0. The molecule has 1 saturated heterocycles. The first-order valence-corrected chi connectivity index (χ1v) is 5.63. The van der Waals surface area contributed by atoms with Crippen LogP contribution in [0.1, 0.15) is 0 Å². The Labute approximate surface area is 110 Å². The minimum atomic E-state index is -1.64. The van der Waals surface area contributed by atoms with E-state index < -0.39 is 18.9 Å². The van der Waals surface area contributed by atoms with Crippen molar-refractivity contribution in [1.29, 1.82) is 0 Å². The molecule has 0 aromatic heterocycles. The molecule has 1 heterocycles. The normalized spacial score (nSPS) is 31.6. The maximum absolute atomic E-state index is 5.76. The molecule has 0 saturated carbocycles. The lowest BCUT2D eigenvalue weighted by Gasteiger charge is -2.46. The highest BCUT2D eigenvalue weighted by atomic mass is 35.5. The number of hydrogen-bond acceptors (Lipinski definition) is 2. The fourth-order valence-electron chi connectivity index (χ4n) is 0.804. The highest BCUT2D eigenvalue weighted by Crippen LogP contribution is 2.45. The fourth-order valence-corrected chi connectivity index (χ4v) is 3.34. The lowest BCUT2D eigenvalue weighted by molar-refractivity contribution is 0.325. The average molecular weight is 327 g/mol. The van der Waals surface area contributed by atoms with Gasteiger partial charge in [-0.15, -0.1) is 11.6 Å². The van der Waals surface area contributed by atoms with E-state index in [0.29, 0.717) is 0 Å². The molecule has 0 aromatic carbocycles. The van der Waals surface area contributed by atoms with Crippen molar-refractivity contribution in [3.8, 4) is 0 Å². The van der Waals surface area contributed by atoms with E-state index in [9.17, 15) is 0 Å². The van der Waals surface area contributed by atoms with Crippen molar-refractivity contribution >= 4 is 81.2 Å². The third-order valence-corrected chi connectivity index (χ3v) is 4.01. The van der Waals surface area contributed by atoms with Crippen LogP contribution < -0.4 is 10.6 Å². The van der Waals surface area contributed by atoms with Crippen molar-refractivity contribution in [2.75, 3.05) is 0 Å². The predicted molar refractivity (Wildman–Crippen MR) is 59.2 cm³/mol. The summed E-state index contributed by atoms with van der Waals surface area (Å²) >= 11 is 40.0. The second-order valence-electron chi connectivity index (χ2n) is 2.43. The van der Waals surface area contributed by atoms with E-state index in [1.165, 1.54) is 0 Å². The molecular formula is C4H3Cl7N2. The summed E-state index contributed by atoms with van der Waals surface area (Å²) in [6, 6.07) is 0. The molecule has 1 rings (SSSR count). The van der Waals surface area contributed by atoms with Crippen molar-refractivity contribution in [2.45, 2.75) is 18.9 Å². The maximum Gasteiger partial charge on any atom is 0.228 e. The molecule has 13 heavy (non-hydrogen) atoms. The first-order chi connectivity index (χ1) is 5.57. The molecule has 0 aliphatic carbocycles. The van der Waals surface area contributed by atoms with Gasteiger partial charge < -0.3 is 0 Å². The van der Waals surface area contributed by atoms with Gasteiger partial charge in [-0.1, -0.05) is 69.6 Å². The Morgan fingerprint density at radius 2 is 1.08 bits per heavy atom. The quantitative estimate of drug-likeness (QED) is 0.528. The lowest BCUT2D eigenvalue weighted by Crippen LogP contribution is -2.72. The molecule has 0 aromatic rings. The third kappa shape index (κ3) is 2.96. The minimum absolute atomic E-state index is 1.03. The molecule has 78 valence electrons. The summed E-state index contributed by atoms with van der Waals surface area (Å²) < 4.78 is -4.89. The SMILES string of the molecule is ClC1C(Cl)(Cl)NC(Cl)(Cl)NC1(Cl)Cl. The van der Waals surface area contributed by atoms with E-state index in [1.54, 1.807) is 0 Å². The van der Waals surface area contributed by atoms with Crippen LogP contribution in [0.2, 0.25) is 0 Å². The highest BCUT2D eigenvalue weighted by molar-refractivity contribution is 6.60. The van der Waals surface area contributed by atoms with Crippen LogP contribution in [0, 0.1) is 0 Å². The van der Waals surface area contributed by atoms with E-state index in [-0.39, 0.29) is 0 Å². The molecule has 1 aliphatic heterocycles. The Balaban J connectivity index is 2.96. The molecule has 9 heteroatoms. The van der Waals surface area contributed by atoms with E-state index in [4.69, 9.17) is 81.2 Å². The van der Waals surface area contributed by atoms with Gasteiger partial charge >= 0.3 is 0 Å². The molecule has 0 radical (unpaired) electrons. The second-order valence-corrected chi connectivity index (χ2v) is 6.97. The van der Waals surface area contributed by atoms with Gasteiger partial charge in [0, 0.05) is 0 Å². The number of alkyl halides is 7. The van der Waals surface area contributed by atoms with Crippen LogP contribution in [-0.2, 0) is 0 Å². The van der Waals surface area contributed by atoms with Crippen LogP contribution in [0.4, 0.5) is 0 Å². The average Bonchev–Trinajstić information content (AvgIpc) is 1.77. The third-order valence-electron chi connectivity index (χ3n) is 1.28. The summed E-state index contributed by atoms with van der Waals surface area (Å²) in [4.78, 5) is 0. The van der Waals surface area contributed by atoms with Gasteiger partial charge in [0.15, 0.2) is 8.91 Å². The lowest BCUT2D eigenvalue weighted by atomic mass is 10.3. The molecule has 0 bridgehead atoms. The highest BCUT2D eigenvalue weighted by Gasteiger charge is 2.57. The van der Waals surface area contributed by atoms with Crippen molar-refractivity contribution < 1.29 is 0 Å². The van der Waals surface area contributed by atoms with E-state index >= 15 is 0 Å². The van der Waals surface area contributed by atoms with Crippen LogP contribution in [0.25, 0.3) is 0 Å². The zero-order valence-electron chi connectivity index (χ0n) is 5.72. The second kappa shape index (κ2) is 3.76. The Hall–Kier alpha value is 1.95. The van der Waals surface area contributed by atoms with Crippen LogP contribution in [-0.4, -0.2) is 18.9 Å². The van der Waals surface area contributed by atoms with Crippen molar-refractivity contribution in [1.82, 2.24) is 10.6 Å². The first-order valence-electron chi connectivity index (χ1n) is 2.93. The molecule has 0 amide bonds. The number of halogens is 7. The summed E-state index contributed by atoms with van der Waals surface area (Å²) in [5.41, 5.74) is 0. The Bertz CT molecular complexity index is 195. The smallest absolute Gasteiger partial charge is 0.228 e. The van der Waals surface area contributed by atoms with E-state index in [1.807, 2.05) is 0 Å². The molecule has 2 nitrogen and oxygen atoms in total. The van der Waals surface area contributed by atoms with Crippen LogP contribution >= 0.6 is 81.2 Å². The minimum Gasteiger partial charge on any atom is -0.240 e. The maximum atomic E-state index is 5.76. The predicted octanol–water partition coefficient (Wildman–Crippen LogP) is 3.14. The van der Waals surface area contributed by atoms with E-state index in [2.05, 4.69) is 10.6 Å². The molecule has 1 fully saturated rings. The molecule has 1 aliphatic rings. The summed E-state index contributed by atoms with van der Waals surface area (Å²) in [7, 11) is 0. The number of nitrogens with one attached hydrogen (secondary N) is 2. The zero-order chi connectivity index (χ0) is 10.5. The number of rotatable bonds is 0. The van der Waals surface area contributed by atoms with Gasteiger partial charge in [-0.25, -0.2) is 10.6 Å². The summed E-state index contributed by atoms with van der Waals surface area (Å²) in [5, 5.41) is 3.74. The Morgan fingerprint density at radius 3 is 1.38 bits per heavy atom. The molecular weight excluding hydrogens is 324 g/mol. The van der Waals surface area contributed by atoms with Gasteiger partial charge in [-0.2, -0.15) is 0 Å².